The molecule has 0 bridgehead atoms. The normalized spacial score (nSPS) is 14.1. The number of aliphatic hydroxyl groups is 1. The smallest absolute Gasteiger partial charge is 0.318 e. The number of nitro benzene ring substituents is 1. The summed E-state index contributed by atoms with van der Waals surface area (Å²) >= 11 is 1.04. The van der Waals surface area contributed by atoms with E-state index < -0.39 is 22.5 Å². The average Bonchev–Trinajstić information content (AvgIpc) is 2.27. The van der Waals surface area contributed by atoms with Gasteiger partial charge in [-0.05, 0) is 6.92 Å². The van der Waals surface area contributed by atoms with Crippen LogP contribution in [0.3, 0.4) is 0 Å². The van der Waals surface area contributed by atoms with E-state index in [-0.39, 0.29) is 15.9 Å². The molecule has 0 aliphatic heterocycles. The Kier molecular flexibility index (Phi) is 4.92. The van der Waals surface area contributed by atoms with E-state index in [1.807, 2.05) is 0 Å². The van der Waals surface area contributed by atoms with Gasteiger partial charge in [-0.3, -0.25) is 10.1 Å². The molecule has 0 aliphatic carbocycles. The molecule has 0 radical (unpaired) electrons. The van der Waals surface area contributed by atoms with Gasteiger partial charge in [-0.1, -0.05) is 6.92 Å². The van der Waals surface area contributed by atoms with Crippen LogP contribution >= 0.6 is 11.8 Å². The molecule has 1 N–H and O–H groups in total. The van der Waals surface area contributed by atoms with Crippen LogP contribution in [0, 0.1) is 15.9 Å². The largest absolute Gasteiger partial charge is 0.497 e. The second kappa shape index (κ2) is 6.01. The number of halogens is 1. The molecule has 1 aromatic carbocycles. The minimum Gasteiger partial charge on any atom is -0.497 e. The number of rotatable bonds is 5. The first-order chi connectivity index (χ1) is 8.36. The maximum Gasteiger partial charge on any atom is 0.318 e. The van der Waals surface area contributed by atoms with Gasteiger partial charge in [0, 0.05) is 17.4 Å². The highest BCUT2D eigenvalue weighted by Gasteiger charge is 2.25. The molecule has 18 heavy (non-hydrogen) atoms. The van der Waals surface area contributed by atoms with Gasteiger partial charge in [0.2, 0.25) is 5.82 Å². The van der Waals surface area contributed by atoms with Gasteiger partial charge in [-0.15, -0.1) is 11.8 Å². The van der Waals surface area contributed by atoms with Crippen molar-refractivity contribution in [2.75, 3.05) is 7.11 Å². The zero-order valence-electron chi connectivity index (χ0n) is 10.2. The number of aliphatic hydroxyl groups excluding tert-OH is 1. The number of nitrogens with zero attached hydrogens (tertiary/aromatic N) is 1. The first-order valence-corrected chi connectivity index (χ1v) is 6.11. The van der Waals surface area contributed by atoms with Gasteiger partial charge in [0.05, 0.1) is 23.0 Å². The van der Waals surface area contributed by atoms with Crippen LogP contribution in [0.25, 0.3) is 0 Å². The average molecular weight is 275 g/mol. The number of nitro groups is 1. The Labute approximate surface area is 108 Å². The lowest BCUT2D eigenvalue weighted by Gasteiger charge is -2.14. The highest BCUT2D eigenvalue weighted by atomic mass is 32.2. The molecular formula is C11H14FNO4S. The van der Waals surface area contributed by atoms with Gasteiger partial charge < -0.3 is 9.84 Å². The summed E-state index contributed by atoms with van der Waals surface area (Å²) in [5, 5.41) is 19.9. The maximum absolute atomic E-state index is 13.6. The van der Waals surface area contributed by atoms with E-state index in [4.69, 9.17) is 4.74 Å². The molecule has 0 amide bonds. The molecule has 0 spiro atoms. The summed E-state index contributed by atoms with van der Waals surface area (Å²) in [7, 11) is 1.35. The Bertz CT molecular complexity index is 453. The standard InChI is InChI=1S/C11H14FNO4S/c1-6(14)7(2)18-10-5-8(17-3)4-9(12)11(10)13(15)16/h4-7,14H,1-3H3. The van der Waals surface area contributed by atoms with E-state index in [1.165, 1.54) is 13.2 Å². The van der Waals surface area contributed by atoms with Crippen LogP contribution in [0.4, 0.5) is 10.1 Å². The molecule has 1 rings (SSSR count). The predicted molar refractivity (Wildman–Crippen MR) is 66.6 cm³/mol. The summed E-state index contributed by atoms with van der Waals surface area (Å²) < 4.78 is 18.5. The van der Waals surface area contributed by atoms with Gasteiger partial charge in [0.25, 0.3) is 0 Å². The number of benzene rings is 1. The highest BCUT2D eigenvalue weighted by Crippen LogP contribution is 2.37. The van der Waals surface area contributed by atoms with Gasteiger partial charge in [-0.2, -0.15) is 4.39 Å². The molecule has 0 aromatic heterocycles. The van der Waals surface area contributed by atoms with Crippen molar-refractivity contribution in [1.29, 1.82) is 0 Å². The molecule has 0 heterocycles. The Morgan fingerprint density at radius 2 is 2.11 bits per heavy atom. The number of thioether (sulfide) groups is 1. The predicted octanol–water partition coefficient (Wildman–Crippen LogP) is 2.60. The summed E-state index contributed by atoms with van der Waals surface area (Å²) in [6.45, 7) is 3.27. The van der Waals surface area contributed by atoms with Crippen molar-refractivity contribution in [3.8, 4) is 5.75 Å². The molecule has 0 saturated heterocycles. The minimum absolute atomic E-state index is 0.144. The van der Waals surface area contributed by atoms with Crippen molar-refractivity contribution >= 4 is 17.4 Å². The van der Waals surface area contributed by atoms with E-state index in [9.17, 15) is 19.6 Å². The Balaban J connectivity index is 3.21. The SMILES string of the molecule is COc1cc(F)c([N+](=O)[O-])c(SC(C)C(C)O)c1. The Hall–Kier alpha value is -1.34. The third kappa shape index (κ3) is 3.33. The molecule has 0 aliphatic rings. The second-order valence-corrected chi connectivity index (χ2v) is 5.20. The number of hydrogen-bond donors (Lipinski definition) is 1. The van der Waals surface area contributed by atoms with Crippen molar-refractivity contribution in [3.05, 3.63) is 28.1 Å². The van der Waals surface area contributed by atoms with Crippen LogP contribution in [-0.4, -0.2) is 28.5 Å². The first-order valence-electron chi connectivity index (χ1n) is 5.23. The van der Waals surface area contributed by atoms with Gasteiger partial charge in [0.15, 0.2) is 0 Å². The third-order valence-corrected chi connectivity index (χ3v) is 3.74. The first kappa shape index (κ1) is 14.7. The molecule has 0 fully saturated rings. The van der Waals surface area contributed by atoms with Crippen LogP contribution in [0.5, 0.6) is 5.75 Å². The summed E-state index contributed by atoms with van der Waals surface area (Å²) in [4.78, 5) is 10.2. The summed E-state index contributed by atoms with van der Waals surface area (Å²) in [5.41, 5.74) is -0.590. The molecule has 100 valence electrons. The van der Waals surface area contributed by atoms with Crippen LogP contribution in [0.1, 0.15) is 13.8 Å². The molecule has 2 atom stereocenters. The van der Waals surface area contributed by atoms with E-state index in [0.29, 0.717) is 0 Å². The fraction of sp³-hybridized carbons (Fsp3) is 0.455. The minimum atomic E-state index is -0.945. The number of methoxy groups -OCH3 is 1. The van der Waals surface area contributed by atoms with Gasteiger partial charge in [0.1, 0.15) is 5.75 Å². The Morgan fingerprint density at radius 3 is 2.56 bits per heavy atom. The fourth-order valence-electron chi connectivity index (χ4n) is 1.23. The summed E-state index contributed by atoms with van der Waals surface area (Å²) in [6, 6.07) is 2.36. The van der Waals surface area contributed by atoms with Crippen LogP contribution in [0.15, 0.2) is 17.0 Å². The van der Waals surface area contributed by atoms with Crippen molar-refractivity contribution in [2.24, 2.45) is 0 Å². The summed E-state index contributed by atoms with van der Waals surface area (Å²) in [5.74, 6) is -0.738. The molecule has 7 heteroatoms. The van der Waals surface area contributed by atoms with E-state index in [0.717, 1.165) is 17.8 Å². The third-order valence-electron chi connectivity index (χ3n) is 2.41. The number of hydrogen-bond acceptors (Lipinski definition) is 5. The van der Waals surface area contributed by atoms with E-state index in [2.05, 4.69) is 0 Å². The molecule has 0 saturated carbocycles. The summed E-state index contributed by atoms with van der Waals surface area (Å²) in [6.07, 6.45) is -0.663. The zero-order valence-corrected chi connectivity index (χ0v) is 11.0. The van der Waals surface area contributed by atoms with E-state index in [1.54, 1.807) is 13.8 Å². The zero-order chi connectivity index (χ0) is 13.9. The van der Waals surface area contributed by atoms with Crippen molar-refractivity contribution < 1.29 is 19.2 Å². The van der Waals surface area contributed by atoms with Crippen molar-refractivity contribution in [3.63, 3.8) is 0 Å². The van der Waals surface area contributed by atoms with Crippen molar-refractivity contribution in [1.82, 2.24) is 0 Å². The van der Waals surface area contributed by atoms with E-state index >= 15 is 0 Å². The lowest BCUT2D eigenvalue weighted by atomic mass is 10.3. The lowest BCUT2D eigenvalue weighted by molar-refractivity contribution is -0.390. The van der Waals surface area contributed by atoms with Crippen molar-refractivity contribution in [2.45, 2.75) is 30.1 Å². The topological polar surface area (TPSA) is 72.6 Å². The number of ether oxygens (including phenoxy) is 1. The quantitative estimate of drug-likeness (QED) is 0.508. The monoisotopic (exact) mass is 275 g/mol. The van der Waals surface area contributed by atoms with Crippen LogP contribution in [0.2, 0.25) is 0 Å². The fourth-order valence-corrected chi connectivity index (χ4v) is 2.30. The van der Waals surface area contributed by atoms with Crippen LogP contribution < -0.4 is 4.74 Å². The lowest BCUT2D eigenvalue weighted by Crippen LogP contribution is -2.15. The molecule has 1 aromatic rings. The van der Waals surface area contributed by atoms with Crippen LogP contribution in [-0.2, 0) is 0 Å². The molecule has 5 nitrogen and oxygen atoms in total. The van der Waals surface area contributed by atoms with Gasteiger partial charge in [-0.25, -0.2) is 0 Å². The highest BCUT2D eigenvalue weighted by molar-refractivity contribution is 8.00. The molecular weight excluding hydrogens is 261 g/mol. The maximum atomic E-state index is 13.6. The van der Waals surface area contributed by atoms with Gasteiger partial charge >= 0.3 is 5.69 Å². The molecule has 2 unspecified atom stereocenters. The Morgan fingerprint density at radius 1 is 1.50 bits per heavy atom. The second-order valence-electron chi connectivity index (χ2n) is 3.78.